The molecule has 1 atom stereocenters. The molecule has 1 unspecified atom stereocenters. The highest BCUT2D eigenvalue weighted by Crippen LogP contribution is 2.41. The first-order chi connectivity index (χ1) is 14.1. The van der Waals surface area contributed by atoms with Gasteiger partial charge in [0.05, 0.1) is 22.8 Å². The van der Waals surface area contributed by atoms with E-state index in [4.69, 9.17) is 21.1 Å². The molecule has 30 heavy (non-hydrogen) atoms. The second kappa shape index (κ2) is 9.98. The van der Waals surface area contributed by atoms with E-state index in [1.54, 1.807) is 6.92 Å². The summed E-state index contributed by atoms with van der Waals surface area (Å²) in [5.41, 5.74) is -0.879. The number of hydrogen-bond donors (Lipinski definition) is 0. The van der Waals surface area contributed by atoms with E-state index < -0.39 is 24.2 Å². The standard InChI is InChI=1S/C16H17ClF3N5O4S/c1-5-27-15(26)29-8(2)28-13(21-14-22-23-24-25(14)3)9-6-7-10(16(18,19)20)12(30-4)11(9)17/h6-8H,5H2,1-4H3. The summed E-state index contributed by atoms with van der Waals surface area (Å²) in [5.74, 6) is -0.270. The van der Waals surface area contributed by atoms with E-state index in [0.717, 1.165) is 23.9 Å². The van der Waals surface area contributed by atoms with Gasteiger partial charge in [-0.2, -0.15) is 18.2 Å². The highest BCUT2D eigenvalue weighted by atomic mass is 35.5. The van der Waals surface area contributed by atoms with Crippen LogP contribution < -0.4 is 0 Å². The van der Waals surface area contributed by atoms with Crippen LogP contribution in [0, 0.1) is 0 Å². The van der Waals surface area contributed by atoms with Crippen LogP contribution in [0.3, 0.4) is 0 Å². The number of halogens is 4. The summed E-state index contributed by atoms with van der Waals surface area (Å²) < 4.78 is 56.2. The maximum atomic E-state index is 13.3. The largest absolute Gasteiger partial charge is 0.511 e. The van der Waals surface area contributed by atoms with Crippen molar-refractivity contribution >= 4 is 41.4 Å². The van der Waals surface area contributed by atoms with Gasteiger partial charge in [-0.15, -0.1) is 11.8 Å². The Hall–Kier alpha value is -2.54. The topological polar surface area (TPSA) is 101 Å². The quantitative estimate of drug-likeness (QED) is 0.205. The maximum Gasteiger partial charge on any atom is 0.511 e. The fourth-order valence-corrected chi connectivity index (χ4v) is 3.34. The van der Waals surface area contributed by atoms with Crippen molar-refractivity contribution in [2.45, 2.75) is 31.2 Å². The molecule has 0 bridgehead atoms. The summed E-state index contributed by atoms with van der Waals surface area (Å²) in [4.78, 5) is 15.4. The van der Waals surface area contributed by atoms with Crippen LogP contribution in [0.1, 0.15) is 25.0 Å². The summed E-state index contributed by atoms with van der Waals surface area (Å²) in [5, 5.41) is 10.5. The molecule has 1 aromatic heterocycles. The summed E-state index contributed by atoms with van der Waals surface area (Å²) in [6, 6.07) is 1.96. The van der Waals surface area contributed by atoms with Crippen LogP contribution in [0.2, 0.25) is 5.02 Å². The molecule has 2 rings (SSSR count). The fourth-order valence-electron chi connectivity index (χ4n) is 2.17. The Morgan fingerprint density at radius 3 is 2.60 bits per heavy atom. The second-order valence-corrected chi connectivity index (χ2v) is 6.71. The minimum atomic E-state index is -4.60. The number of rotatable bonds is 6. The van der Waals surface area contributed by atoms with E-state index >= 15 is 0 Å². The Bertz CT molecular complexity index is 938. The molecule has 1 aromatic carbocycles. The summed E-state index contributed by atoms with van der Waals surface area (Å²) in [6.07, 6.45) is -5.35. The number of tetrazole rings is 1. The van der Waals surface area contributed by atoms with Crippen molar-refractivity contribution in [3.05, 3.63) is 28.3 Å². The van der Waals surface area contributed by atoms with E-state index in [-0.39, 0.29) is 33.9 Å². The van der Waals surface area contributed by atoms with Gasteiger partial charge in [0.1, 0.15) is 0 Å². The molecule has 0 aliphatic rings. The molecule has 0 amide bonds. The summed E-state index contributed by atoms with van der Waals surface area (Å²) >= 11 is 7.08. The number of aryl methyl sites for hydroxylation is 1. The average molecular weight is 468 g/mol. The number of aliphatic imine (C=N–C) groups is 1. The van der Waals surface area contributed by atoms with Crippen molar-refractivity contribution in [2.24, 2.45) is 12.0 Å². The Morgan fingerprint density at radius 1 is 1.37 bits per heavy atom. The van der Waals surface area contributed by atoms with Gasteiger partial charge in [0.25, 0.3) is 5.95 Å². The molecule has 0 aliphatic heterocycles. The van der Waals surface area contributed by atoms with Gasteiger partial charge in [0.2, 0.25) is 12.2 Å². The zero-order valence-electron chi connectivity index (χ0n) is 16.2. The normalized spacial score (nSPS) is 13.1. The number of carbonyl (C=O) groups excluding carboxylic acids is 1. The number of nitrogens with zero attached hydrogens (tertiary/aromatic N) is 5. The molecule has 0 saturated carbocycles. The first kappa shape index (κ1) is 23.7. The second-order valence-electron chi connectivity index (χ2n) is 5.51. The molecule has 2 aromatic rings. The number of hydrogen-bond acceptors (Lipinski definition) is 9. The molecule has 14 heteroatoms. The SMILES string of the molecule is CCOC(=O)OC(C)OC(=Nc1nnnn1C)c1ccc(C(F)(F)F)c(SC)c1Cl. The lowest BCUT2D eigenvalue weighted by molar-refractivity contribution is -0.139. The lowest BCUT2D eigenvalue weighted by atomic mass is 10.1. The molecule has 0 N–H and O–H groups in total. The molecule has 164 valence electrons. The first-order valence-electron chi connectivity index (χ1n) is 8.33. The Labute approximate surface area is 178 Å². The zero-order valence-corrected chi connectivity index (χ0v) is 17.8. The van der Waals surface area contributed by atoms with Crippen LogP contribution in [0.15, 0.2) is 22.0 Å². The molecular formula is C16H17ClF3N5O4S. The molecule has 0 radical (unpaired) electrons. The lowest BCUT2D eigenvalue weighted by Gasteiger charge is -2.19. The van der Waals surface area contributed by atoms with Crippen LogP contribution in [0.5, 0.6) is 0 Å². The van der Waals surface area contributed by atoms with E-state index in [1.165, 1.54) is 24.9 Å². The smallest absolute Gasteiger partial charge is 0.437 e. The van der Waals surface area contributed by atoms with E-state index in [9.17, 15) is 18.0 Å². The van der Waals surface area contributed by atoms with Crippen LogP contribution in [-0.4, -0.2) is 51.4 Å². The molecule has 0 spiro atoms. The highest BCUT2D eigenvalue weighted by Gasteiger charge is 2.35. The third-order valence-corrected chi connectivity index (χ3v) is 4.78. The van der Waals surface area contributed by atoms with Crippen LogP contribution in [0.25, 0.3) is 0 Å². The van der Waals surface area contributed by atoms with Crippen molar-refractivity contribution in [1.29, 1.82) is 0 Å². The predicted octanol–water partition coefficient (Wildman–Crippen LogP) is 4.22. The minimum absolute atomic E-state index is 0.0185. The molecular weight excluding hydrogens is 451 g/mol. The van der Waals surface area contributed by atoms with Gasteiger partial charge in [-0.25, -0.2) is 9.48 Å². The van der Waals surface area contributed by atoms with Crippen LogP contribution >= 0.6 is 23.4 Å². The van der Waals surface area contributed by atoms with Gasteiger partial charge in [-0.05, 0) is 35.7 Å². The van der Waals surface area contributed by atoms with E-state index in [1.807, 2.05) is 0 Å². The van der Waals surface area contributed by atoms with Gasteiger partial charge in [0, 0.05) is 18.9 Å². The van der Waals surface area contributed by atoms with Crippen molar-refractivity contribution < 1.29 is 32.2 Å². The van der Waals surface area contributed by atoms with Gasteiger partial charge < -0.3 is 14.2 Å². The van der Waals surface area contributed by atoms with Gasteiger partial charge >= 0.3 is 12.3 Å². The summed E-state index contributed by atoms with van der Waals surface area (Å²) in [6.45, 7) is 3.04. The van der Waals surface area contributed by atoms with Crippen LogP contribution in [-0.2, 0) is 27.4 Å². The summed E-state index contributed by atoms with van der Waals surface area (Å²) in [7, 11) is 1.50. The number of aromatic nitrogens is 4. The number of benzene rings is 1. The van der Waals surface area contributed by atoms with E-state index in [2.05, 4.69) is 25.3 Å². The van der Waals surface area contributed by atoms with Crippen molar-refractivity contribution in [1.82, 2.24) is 20.2 Å². The lowest BCUT2D eigenvalue weighted by Crippen LogP contribution is -2.23. The van der Waals surface area contributed by atoms with Crippen molar-refractivity contribution in [3.8, 4) is 0 Å². The van der Waals surface area contributed by atoms with Crippen LogP contribution in [0.4, 0.5) is 23.9 Å². The Kier molecular flexibility index (Phi) is 7.89. The first-order valence-corrected chi connectivity index (χ1v) is 9.93. The Morgan fingerprint density at radius 2 is 2.07 bits per heavy atom. The maximum absolute atomic E-state index is 13.3. The Balaban J connectivity index is 2.51. The van der Waals surface area contributed by atoms with Gasteiger partial charge in [-0.1, -0.05) is 16.7 Å². The monoisotopic (exact) mass is 467 g/mol. The molecule has 0 fully saturated rings. The molecule has 0 aliphatic carbocycles. The molecule has 0 saturated heterocycles. The van der Waals surface area contributed by atoms with Gasteiger partial charge in [0.15, 0.2) is 0 Å². The number of thioether (sulfide) groups is 1. The predicted molar refractivity (Wildman–Crippen MR) is 102 cm³/mol. The number of ether oxygens (including phenoxy) is 3. The molecule has 9 nitrogen and oxygen atoms in total. The third-order valence-electron chi connectivity index (χ3n) is 3.44. The number of alkyl halides is 3. The molecule has 1 heterocycles. The van der Waals surface area contributed by atoms with Gasteiger partial charge in [-0.3, -0.25) is 0 Å². The fraction of sp³-hybridized carbons (Fsp3) is 0.438. The highest BCUT2D eigenvalue weighted by molar-refractivity contribution is 7.98. The zero-order chi connectivity index (χ0) is 22.5. The number of carbonyl (C=O) groups is 1. The minimum Gasteiger partial charge on any atom is -0.437 e. The third kappa shape index (κ3) is 5.75. The van der Waals surface area contributed by atoms with Crippen molar-refractivity contribution in [3.63, 3.8) is 0 Å². The van der Waals surface area contributed by atoms with Crippen molar-refractivity contribution in [2.75, 3.05) is 12.9 Å². The average Bonchev–Trinajstić information content (AvgIpc) is 3.04. The van der Waals surface area contributed by atoms with E-state index in [0.29, 0.717) is 0 Å².